The van der Waals surface area contributed by atoms with E-state index in [4.69, 9.17) is 0 Å². The van der Waals surface area contributed by atoms with Gasteiger partial charge in [-0.05, 0) is 46.3 Å². The lowest BCUT2D eigenvalue weighted by Crippen LogP contribution is -2.34. The Kier molecular flexibility index (Phi) is 5.50. The van der Waals surface area contributed by atoms with Gasteiger partial charge in [0.05, 0.1) is 0 Å². The van der Waals surface area contributed by atoms with Crippen LogP contribution in [0, 0.1) is 6.92 Å². The Balaban J connectivity index is 2.05. The van der Waals surface area contributed by atoms with Crippen LogP contribution in [0.15, 0.2) is 6.07 Å². The summed E-state index contributed by atoms with van der Waals surface area (Å²) in [6.07, 6.45) is 3.60. The standard InChI is InChI=1S/C15H25N5O/c1-12-11-13(14(21)16-7-10-19(2)3)18-15(17-12)20-8-5-4-6-9-20/h11H,4-10H2,1-3H3,(H,16,21). The normalized spacial score (nSPS) is 15.3. The van der Waals surface area contributed by atoms with Gasteiger partial charge in [-0.15, -0.1) is 0 Å². The lowest BCUT2D eigenvalue weighted by Gasteiger charge is -2.27. The minimum atomic E-state index is -0.124. The molecule has 0 bridgehead atoms. The van der Waals surface area contributed by atoms with Gasteiger partial charge in [0.1, 0.15) is 5.69 Å². The number of aromatic nitrogens is 2. The zero-order valence-electron chi connectivity index (χ0n) is 13.2. The molecule has 1 saturated heterocycles. The molecule has 0 unspecified atom stereocenters. The number of hydrogen-bond donors (Lipinski definition) is 1. The third-order valence-corrected chi connectivity index (χ3v) is 3.56. The molecule has 1 aromatic rings. The van der Waals surface area contributed by atoms with Crippen molar-refractivity contribution in [3.8, 4) is 0 Å². The SMILES string of the molecule is Cc1cc(C(=O)NCCN(C)C)nc(N2CCCCC2)n1. The van der Waals surface area contributed by atoms with Crippen molar-refractivity contribution in [1.82, 2.24) is 20.2 Å². The minimum absolute atomic E-state index is 0.124. The van der Waals surface area contributed by atoms with Gasteiger partial charge >= 0.3 is 0 Å². The van der Waals surface area contributed by atoms with Gasteiger partial charge in [-0.25, -0.2) is 9.97 Å². The quantitative estimate of drug-likeness (QED) is 0.879. The highest BCUT2D eigenvalue weighted by Crippen LogP contribution is 2.16. The summed E-state index contributed by atoms with van der Waals surface area (Å²) in [5.41, 5.74) is 1.30. The molecule has 0 aromatic carbocycles. The van der Waals surface area contributed by atoms with Crippen LogP contribution in [-0.2, 0) is 0 Å². The second-order valence-electron chi connectivity index (χ2n) is 5.80. The van der Waals surface area contributed by atoms with Gasteiger partial charge in [0.2, 0.25) is 5.95 Å². The highest BCUT2D eigenvalue weighted by molar-refractivity contribution is 5.92. The van der Waals surface area contributed by atoms with Crippen LogP contribution in [-0.4, -0.2) is 61.0 Å². The fourth-order valence-corrected chi connectivity index (χ4v) is 2.39. The number of carbonyl (C=O) groups is 1. The van der Waals surface area contributed by atoms with Crippen LogP contribution in [0.25, 0.3) is 0 Å². The molecule has 6 heteroatoms. The number of nitrogens with one attached hydrogen (secondary N) is 1. The van der Waals surface area contributed by atoms with Crippen LogP contribution in [0.4, 0.5) is 5.95 Å². The molecule has 0 atom stereocenters. The summed E-state index contributed by atoms with van der Waals surface area (Å²) >= 11 is 0. The molecule has 2 rings (SSSR count). The van der Waals surface area contributed by atoms with Gasteiger partial charge in [0.15, 0.2) is 0 Å². The first-order valence-electron chi connectivity index (χ1n) is 7.60. The van der Waals surface area contributed by atoms with Gasteiger partial charge in [-0.3, -0.25) is 4.79 Å². The highest BCUT2D eigenvalue weighted by atomic mass is 16.1. The van der Waals surface area contributed by atoms with Crippen LogP contribution < -0.4 is 10.2 Å². The summed E-state index contributed by atoms with van der Waals surface area (Å²) in [5.74, 6) is 0.563. The van der Waals surface area contributed by atoms with Crippen molar-refractivity contribution in [2.75, 3.05) is 45.2 Å². The van der Waals surface area contributed by atoms with Crippen molar-refractivity contribution in [3.63, 3.8) is 0 Å². The van der Waals surface area contributed by atoms with E-state index in [0.29, 0.717) is 18.2 Å². The monoisotopic (exact) mass is 291 g/mol. The molecule has 1 aliphatic heterocycles. The van der Waals surface area contributed by atoms with Crippen LogP contribution in [0.5, 0.6) is 0 Å². The number of piperidine rings is 1. The van der Waals surface area contributed by atoms with E-state index in [0.717, 1.165) is 25.3 Å². The number of anilines is 1. The van der Waals surface area contributed by atoms with Crippen LogP contribution in [0.2, 0.25) is 0 Å². The van der Waals surface area contributed by atoms with E-state index >= 15 is 0 Å². The molecule has 2 heterocycles. The van der Waals surface area contributed by atoms with Crippen molar-refractivity contribution >= 4 is 11.9 Å². The maximum absolute atomic E-state index is 12.2. The zero-order chi connectivity index (χ0) is 15.2. The summed E-state index contributed by atoms with van der Waals surface area (Å²) in [6, 6.07) is 1.75. The van der Waals surface area contributed by atoms with Crippen molar-refractivity contribution in [2.24, 2.45) is 0 Å². The third-order valence-electron chi connectivity index (χ3n) is 3.56. The minimum Gasteiger partial charge on any atom is -0.349 e. The van der Waals surface area contributed by atoms with Crippen molar-refractivity contribution in [1.29, 1.82) is 0 Å². The van der Waals surface area contributed by atoms with E-state index in [1.54, 1.807) is 6.07 Å². The Morgan fingerprint density at radius 2 is 2.00 bits per heavy atom. The van der Waals surface area contributed by atoms with Gasteiger partial charge in [0.25, 0.3) is 5.91 Å². The number of nitrogens with zero attached hydrogens (tertiary/aromatic N) is 4. The smallest absolute Gasteiger partial charge is 0.270 e. The maximum Gasteiger partial charge on any atom is 0.270 e. The van der Waals surface area contributed by atoms with Crippen molar-refractivity contribution in [3.05, 3.63) is 17.5 Å². The largest absolute Gasteiger partial charge is 0.349 e. The maximum atomic E-state index is 12.2. The second kappa shape index (κ2) is 7.36. The number of rotatable bonds is 5. The second-order valence-corrected chi connectivity index (χ2v) is 5.80. The average Bonchev–Trinajstić information content (AvgIpc) is 2.47. The van der Waals surface area contributed by atoms with E-state index in [1.807, 2.05) is 25.9 Å². The summed E-state index contributed by atoms with van der Waals surface area (Å²) in [6.45, 7) is 5.30. The Morgan fingerprint density at radius 1 is 1.29 bits per heavy atom. The molecular weight excluding hydrogens is 266 g/mol. The Hall–Kier alpha value is -1.69. The van der Waals surface area contributed by atoms with E-state index in [2.05, 4.69) is 20.2 Å². The van der Waals surface area contributed by atoms with E-state index in [-0.39, 0.29) is 5.91 Å². The van der Waals surface area contributed by atoms with Gasteiger partial charge < -0.3 is 15.1 Å². The predicted octanol–water partition coefficient (Wildman–Crippen LogP) is 1.07. The van der Waals surface area contributed by atoms with Crippen LogP contribution in [0.3, 0.4) is 0 Å². The molecule has 1 aromatic heterocycles. The lowest BCUT2D eigenvalue weighted by molar-refractivity contribution is 0.0946. The fraction of sp³-hybridized carbons (Fsp3) is 0.667. The highest BCUT2D eigenvalue weighted by Gasteiger charge is 2.16. The summed E-state index contributed by atoms with van der Waals surface area (Å²) in [7, 11) is 3.96. The average molecular weight is 291 g/mol. The van der Waals surface area contributed by atoms with E-state index in [1.165, 1.54) is 19.3 Å². The van der Waals surface area contributed by atoms with Gasteiger partial charge in [0, 0.05) is 31.9 Å². The number of carbonyl (C=O) groups excluding carboxylic acids is 1. The molecule has 0 saturated carbocycles. The topological polar surface area (TPSA) is 61.4 Å². The Labute approximate surface area is 126 Å². The molecule has 1 amide bonds. The Morgan fingerprint density at radius 3 is 2.67 bits per heavy atom. The first-order valence-corrected chi connectivity index (χ1v) is 7.60. The zero-order valence-corrected chi connectivity index (χ0v) is 13.2. The molecule has 0 radical (unpaired) electrons. The van der Waals surface area contributed by atoms with Crippen LogP contribution >= 0.6 is 0 Å². The number of aryl methyl sites for hydroxylation is 1. The van der Waals surface area contributed by atoms with Gasteiger partial charge in [-0.2, -0.15) is 0 Å². The molecular formula is C15H25N5O. The molecule has 1 N–H and O–H groups in total. The molecule has 1 aliphatic rings. The number of hydrogen-bond acceptors (Lipinski definition) is 5. The summed E-state index contributed by atoms with van der Waals surface area (Å²) in [5, 5.41) is 2.90. The molecule has 6 nitrogen and oxygen atoms in total. The molecule has 116 valence electrons. The fourth-order valence-electron chi connectivity index (χ4n) is 2.39. The first-order chi connectivity index (χ1) is 10.1. The van der Waals surface area contributed by atoms with Gasteiger partial charge in [-0.1, -0.05) is 0 Å². The molecule has 1 fully saturated rings. The first kappa shape index (κ1) is 15.7. The molecule has 21 heavy (non-hydrogen) atoms. The summed E-state index contributed by atoms with van der Waals surface area (Å²) in [4.78, 5) is 25.3. The Bertz CT molecular complexity index is 483. The van der Waals surface area contributed by atoms with E-state index < -0.39 is 0 Å². The summed E-state index contributed by atoms with van der Waals surface area (Å²) < 4.78 is 0. The van der Waals surface area contributed by atoms with E-state index in [9.17, 15) is 4.79 Å². The number of amides is 1. The molecule has 0 spiro atoms. The molecule has 0 aliphatic carbocycles. The number of likely N-dealkylation sites (N-methyl/N-ethyl adjacent to an activating group) is 1. The van der Waals surface area contributed by atoms with Crippen molar-refractivity contribution < 1.29 is 4.79 Å². The lowest BCUT2D eigenvalue weighted by atomic mass is 10.1. The predicted molar refractivity (Wildman–Crippen MR) is 83.7 cm³/mol. The third kappa shape index (κ3) is 4.67. The van der Waals surface area contributed by atoms with Crippen molar-refractivity contribution in [2.45, 2.75) is 26.2 Å². The van der Waals surface area contributed by atoms with Crippen LogP contribution in [0.1, 0.15) is 35.4 Å².